The van der Waals surface area contributed by atoms with Gasteiger partial charge in [-0.05, 0) is 0 Å². The summed E-state index contributed by atoms with van der Waals surface area (Å²) in [7, 11) is 0. The van der Waals surface area contributed by atoms with E-state index in [1.54, 1.807) is 0 Å². The minimum Gasteiger partial charge on any atom is -0.466 e. The molecule has 1 saturated heterocycles. The molecule has 1 aliphatic heterocycles. The first kappa shape index (κ1) is 18.7. The maximum absolute atomic E-state index is 11.3. The molecule has 0 aromatic carbocycles. The van der Waals surface area contributed by atoms with Crippen LogP contribution in [0, 0.1) is 0 Å². The van der Waals surface area contributed by atoms with Crippen LogP contribution in [0.25, 0.3) is 0 Å². The van der Waals surface area contributed by atoms with Gasteiger partial charge in [0.05, 0.1) is 6.61 Å². The zero-order valence-electron chi connectivity index (χ0n) is 12.8. The van der Waals surface area contributed by atoms with Gasteiger partial charge in [0.15, 0.2) is 6.10 Å². The van der Waals surface area contributed by atoms with Crippen LogP contribution in [0.15, 0.2) is 0 Å². The van der Waals surface area contributed by atoms with Gasteiger partial charge in [0, 0.05) is 27.2 Å². The molecule has 1 N–H and O–H groups in total. The molecule has 0 spiro atoms. The van der Waals surface area contributed by atoms with Crippen LogP contribution in [-0.4, -0.2) is 60.4 Å². The van der Waals surface area contributed by atoms with Gasteiger partial charge in [-0.25, -0.2) is 4.79 Å². The first-order valence-electron chi connectivity index (χ1n) is 6.74. The minimum atomic E-state index is -1.80. The molecule has 130 valence electrons. The van der Waals surface area contributed by atoms with Gasteiger partial charge in [0.1, 0.15) is 6.10 Å². The zero-order chi connectivity index (χ0) is 17.6. The fraction of sp³-hybridized carbons (Fsp3) is 0.692. The predicted molar refractivity (Wildman–Crippen MR) is 69.7 cm³/mol. The number of ether oxygens (including phenoxy) is 5. The molecule has 0 bridgehead atoms. The molecule has 0 aromatic heterocycles. The highest BCUT2D eigenvalue weighted by atomic mass is 16.8. The van der Waals surface area contributed by atoms with E-state index in [0.29, 0.717) is 0 Å². The summed E-state index contributed by atoms with van der Waals surface area (Å²) in [6.07, 6.45) is -6.59. The number of hydrogen-bond acceptors (Lipinski definition) is 10. The highest BCUT2D eigenvalue weighted by Crippen LogP contribution is 2.25. The van der Waals surface area contributed by atoms with Crippen LogP contribution in [0.5, 0.6) is 0 Å². The second-order valence-corrected chi connectivity index (χ2v) is 4.69. The third-order valence-corrected chi connectivity index (χ3v) is 2.75. The van der Waals surface area contributed by atoms with E-state index in [0.717, 1.165) is 13.8 Å². The largest absolute Gasteiger partial charge is 0.509 e. The molecule has 1 fully saturated rings. The lowest BCUT2D eigenvalue weighted by molar-refractivity contribution is -0.191. The number of carbonyl (C=O) groups is 4. The Kier molecular flexibility index (Phi) is 6.76. The van der Waals surface area contributed by atoms with Crippen molar-refractivity contribution in [1.82, 2.24) is 0 Å². The molecule has 2 unspecified atom stereocenters. The maximum Gasteiger partial charge on any atom is 0.509 e. The highest BCUT2D eigenvalue weighted by Gasteiger charge is 2.48. The van der Waals surface area contributed by atoms with Crippen molar-refractivity contribution in [2.45, 2.75) is 51.8 Å². The molecule has 23 heavy (non-hydrogen) atoms. The highest BCUT2D eigenvalue weighted by molar-refractivity contribution is 5.67. The molecule has 0 saturated carbocycles. The molecular formula is C13H18O10. The molecular weight excluding hydrogens is 316 g/mol. The molecule has 1 rings (SSSR count). The quantitative estimate of drug-likeness (QED) is 0.374. The van der Waals surface area contributed by atoms with Gasteiger partial charge in [0.2, 0.25) is 12.4 Å². The predicted octanol–water partition coefficient (Wildman–Crippen LogP) is -0.343. The smallest absolute Gasteiger partial charge is 0.466 e. The first-order chi connectivity index (χ1) is 10.7. The molecule has 0 amide bonds. The van der Waals surface area contributed by atoms with Crippen LogP contribution in [0.1, 0.15) is 27.2 Å². The molecule has 1 heterocycles. The number of esters is 3. The zero-order valence-corrected chi connectivity index (χ0v) is 12.8. The maximum atomic E-state index is 11.3. The second kappa shape index (κ2) is 8.32. The summed E-state index contributed by atoms with van der Waals surface area (Å²) in [4.78, 5) is 44.2. The number of cyclic esters (lactones) is 2. The first-order valence-corrected chi connectivity index (χ1v) is 6.74. The number of carbonyl (C=O) groups excluding carboxylic acids is 4. The Labute approximate surface area is 131 Å². The van der Waals surface area contributed by atoms with Crippen LogP contribution < -0.4 is 0 Å². The van der Waals surface area contributed by atoms with E-state index >= 15 is 0 Å². The molecule has 0 radical (unpaired) electrons. The van der Waals surface area contributed by atoms with Gasteiger partial charge in [0.25, 0.3) is 0 Å². The monoisotopic (exact) mass is 334 g/mol. The van der Waals surface area contributed by atoms with Crippen molar-refractivity contribution in [3.8, 4) is 0 Å². The van der Waals surface area contributed by atoms with E-state index in [1.807, 2.05) is 0 Å². The SMILES string of the molecule is CC(=O)OCCC(OC(C)=O)C1OC(=O)O[C@H]1[C@@H](O)OC(C)=O. The molecule has 0 aromatic rings. The second-order valence-electron chi connectivity index (χ2n) is 4.69. The third kappa shape index (κ3) is 6.10. The van der Waals surface area contributed by atoms with Crippen molar-refractivity contribution in [2.24, 2.45) is 0 Å². The van der Waals surface area contributed by atoms with Crippen molar-refractivity contribution >= 4 is 24.1 Å². The molecule has 10 nitrogen and oxygen atoms in total. The fourth-order valence-corrected chi connectivity index (χ4v) is 1.95. The summed E-state index contributed by atoms with van der Waals surface area (Å²) in [6.45, 7) is 3.28. The Morgan fingerprint density at radius 2 is 1.61 bits per heavy atom. The number of aliphatic hydroxyl groups is 1. The van der Waals surface area contributed by atoms with E-state index < -0.39 is 48.7 Å². The average molecular weight is 334 g/mol. The Morgan fingerprint density at radius 1 is 1.04 bits per heavy atom. The van der Waals surface area contributed by atoms with Crippen molar-refractivity contribution in [2.75, 3.05) is 6.61 Å². The van der Waals surface area contributed by atoms with E-state index in [2.05, 4.69) is 4.74 Å². The Hall–Kier alpha value is -2.36. The minimum absolute atomic E-state index is 0.0102. The topological polar surface area (TPSA) is 135 Å². The number of hydrogen-bond donors (Lipinski definition) is 1. The van der Waals surface area contributed by atoms with Crippen LogP contribution in [0.3, 0.4) is 0 Å². The average Bonchev–Trinajstić information content (AvgIpc) is 2.78. The van der Waals surface area contributed by atoms with Crippen molar-refractivity contribution in [3.05, 3.63) is 0 Å². The molecule has 0 aliphatic carbocycles. The van der Waals surface area contributed by atoms with Gasteiger partial charge in [-0.3, -0.25) is 14.4 Å². The van der Waals surface area contributed by atoms with Crippen LogP contribution >= 0.6 is 0 Å². The molecule has 10 heteroatoms. The van der Waals surface area contributed by atoms with Crippen molar-refractivity contribution in [3.63, 3.8) is 0 Å². The van der Waals surface area contributed by atoms with Gasteiger partial charge in [-0.1, -0.05) is 0 Å². The number of aliphatic hydroxyl groups excluding tert-OH is 1. The van der Waals surface area contributed by atoms with Gasteiger partial charge < -0.3 is 28.8 Å². The Bertz CT molecular complexity index is 473. The van der Waals surface area contributed by atoms with Crippen molar-refractivity contribution < 1.29 is 48.0 Å². The summed E-state index contributed by atoms with van der Waals surface area (Å²) >= 11 is 0. The fourth-order valence-electron chi connectivity index (χ4n) is 1.95. The summed E-state index contributed by atoms with van der Waals surface area (Å²) < 4.78 is 23.9. The Balaban J connectivity index is 2.82. The molecule has 1 aliphatic rings. The van der Waals surface area contributed by atoms with Crippen LogP contribution in [0.4, 0.5) is 4.79 Å². The lowest BCUT2D eigenvalue weighted by Gasteiger charge is -2.26. The van der Waals surface area contributed by atoms with Gasteiger partial charge in [-0.15, -0.1) is 0 Å². The van der Waals surface area contributed by atoms with Gasteiger partial charge in [-0.2, -0.15) is 0 Å². The summed E-state index contributed by atoms with van der Waals surface area (Å²) in [5.74, 6) is -2.02. The van der Waals surface area contributed by atoms with E-state index in [-0.39, 0.29) is 13.0 Å². The Morgan fingerprint density at radius 3 is 2.13 bits per heavy atom. The molecule has 4 atom stereocenters. The van der Waals surface area contributed by atoms with E-state index in [9.17, 15) is 24.3 Å². The third-order valence-electron chi connectivity index (χ3n) is 2.75. The van der Waals surface area contributed by atoms with E-state index in [4.69, 9.17) is 18.9 Å². The standard InChI is InChI=1S/C13H18O10/c1-6(14)19-5-4-9(20-7(2)15)10-11(23-13(18)22-10)12(17)21-8(3)16/h9-12,17H,4-5H2,1-3H3/t9?,10?,11-,12+/m1/s1. The number of rotatable bonds is 7. The van der Waals surface area contributed by atoms with Crippen LogP contribution in [0.2, 0.25) is 0 Å². The summed E-state index contributed by atoms with van der Waals surface area (Å²) in [5, 5.41) is 9.78. The summed E-state index contributed by atoms with van der Waals surface area (Å²) in [5.41, 5.74) is 0. The van der Waals surface area contributed by atoms with Crippen molar-refractivity contribution in [1.29, 1.82) is 0 Å². The lowest BCUT2D eigenvalue weighted by Crippen LogP contribution is -2.46. The van der Waals surface area contributed by atoms with Crippen LogP contribution in [-0.2, 0) is 38.1 Å². The van der Waals surface area contributed by atoms with Gasteiger partial charge >= 0.3 is 24.1 Å². The normalized spacial score (nSPS) is 22.3. The van der Waals surface area contributed by atoms with E-state index in [1.165, 1.54) is 6.92 Å². The lowest BCUT2D eigenvalue weighted by atomic mass is 10.0. The summed E-state index contributed by atoms with van der Waals surface area (Å²) in [6, 6.07) is 0.